The van der Waals surface area contributed by atoms with Gasteiger partial charge in [0.1, 0.15) is 5.82 Å². The minimum Gasteiger partial charge on any atom is -0.356 e. The number of hydrogen-bond acceptors (Lipinski definition) is 4. The molecular formula is C25H29F6N5. The predicted molar refractivity (Wildman–Crippen MR) is 125 cm³/mol. The van der Waals surface area contributed by atoms with Crippen molar-refractivity contribution in [3.05, 3.63) is 52.2 Å². The molecule has 4 rings (SSSR count). The van der Waals surface area contributed by atoms with Crippen LogP contribution in [0.3, 0.4) is 0 Å². The summed E-state index contributed by atoms with van der Waals surface area (Å²) in [4.78, 5) is 7.07. The van der Waals surface area contributed by atoms with E-state index < -0.39 is 23.5 Å². The summed E-state index contributed by atoms with van der Waals surface area (Å²) >= 11 is 0. The van der Waals surface area contributed by atoms with Crippen LogP contribution in [0.4, 0.5) is 32.2 Å². The summed E-state index contributed by atoms with van der Waals surface area (Å²) in [6, 6.07) is 3.61. The maximum absolute atomic E-state index is 13.2. The number of aryl methyl sites for hydroxylation is 2. The van der Waals surface area contributed by atoms with Gasteiger partial charge in [-0.3, -0.25) is 4.68 Å². The Labute approximate surface area is 205 Å². The molecule has 0 spiro atoms. The number of fused-ring (bicyclic) bond motifs is 1. The van der Waals surface area contributed by atoms with E-state index in [0.717, 1.165) is 66.2 Å². The van der Waals surface area contributed by atoms with Crippen LogP contribution in [-0.4, -0.2) is 27.9 Å². The summed E-state index contributed by atoms with van der Waals surface area (Å²) in [5, 5.41) is 8.34. The molecule has 196 valence electrons. The topological polar surface area (TPSA) is 46.0 Å². The van der Waals surface area contributed by atoms with E-state index in [0.29, 0.717) is 5.92 Å². The Morgan fingerprint density at radius 1 is 1.00 bits per heavy atom. The summed E-state index contributed by atoms with van der Waals surface area (Å²) in [5.41, 5.74) is -0.383. The molecule has 1 N–H and O–H groups in total. The Bertz CT molecular complexity index is 1190. The van der Waals surface area contributed by atoms with E-state index in [9.17, 15) is 26.3 Å². The minimum absolute atomic E-state index is 0.0906. The highest BCUT2D eigenvalue weighted by Crippen LogP contribution is 2.36. The first-order chi connectivity index (χ1) is 16.9. The van der Waals surface area contributed by atoms with Crippen molar-refractivity contribution >= 4 is 16.9 Å². The van der Waals surface area contributed by atoms with Crippen LogP contribution in [0.15, 0.2) is 24.3 Å². The van der Waals surface area contributed by atoms with Crippen LogP contribution in [0.5, 0.6) is 0 Å². The average Bonchev–Trinajstić information content (AvgIpc) is 3.04. The van der Waals surface area contributed by atoms with Crippen LogP contribution in [0.25, 0.3) is 11.0 Å². The van der Waals surface area contributed by atoms with Crippen LogP contribution in [0, 0.1) is 12.8 Å². The number of rotatable bonds is 8. The zero-order valence-corrected chi connectivity index (χ0v) is 20.4. The van der Waals surface area contributed by atoms with Gasteiger partial charge < -0.3 is 10.2 Å². The third-order valence-corrected chi connectivity index (χ3v) is 6.73. The number of pyridine rings is 1. The lowest BCUT2D eigenvalue weighted by Gasteiger charge is -2.33. The minimum atomic E-state index is -4.88. The van der Waals surface area contributed by atoms with E-state index in [2.05, 4.69) is 15.3 Å². The molecule has 0 saturated heterocycles. The Hall–Kier alpha value is -2.82. The Morgan fingerprint density at radius 3 is 2.17 bits per heavy atom. The van der Waals surface area contributed by atoms with Crippen LogP contribution in [-0.2, 0) is 32.5 Å². The normalized spacial score (nSPS) is 14.9. The summed E-state index contributed by atoms with van der Waals surface area (Å²) in [5.74, 6) is 1.34. The SMILES string of the molecule is CCN(CC1CCC1)c1nc2c(cc1CNCc1cc(C(F)(F)F)cc(C(F)(F)F)c1)c(C)nn2C. The molecule has 0 radical (unpaired) electrons. The maximum atomic E-state index is 13.2. The first kappa shape index (κ1) is 26.2. The lowest BCUT2D eigenvalue weighted by atomic mass is 9.85. The first-order valence-electron chi connectivity index (χ1n) is 11.9. The van der Waals surface area contributed by atoms with Gasteiger partial charge in [-0.1, -0.05) is 6.42 Å². The number of hydrogen-bond donors (Lipinski definition) is 1. The van der Waals surface area contributed by atoms with E-state index in [4.69, 9.17) is 4.98 Å². The zero-order chi connectivity index (χ0) is 26.3. The van der Waals surface area contributed by atoms with Crippen molar-refractivity contribution in [3.63, 3.8) is 0 Å². The van der Waals surface area contributed by atoms with Gasteiger partial charge in [0.2, 0.25) is 0 Å². The fraction of sp³-hybridized carbons (Fsp3) is 0.520. The molecule has 0 atom stereocenters. The third kappa shape index (κ3) is 5.61. The number of anilines is 1. The molecule has 1 aromatic carbocycles. The van der Waals surface area contributed by atoms with Crippen molar-refractivity contribution in [2.75, 3.05) is 18.0 Å². The second-order valence-electron chi connectivity index (χ2n) is 9.40. The second kappa shape index (κ2) is 9.91. The van der Waals surface area contributed by atoms with Crippen molar-refractivity contribution in [1.29, 1.82) is 0 Å². The fourth-order valence-corrected chi connectivity index (χ4v) is 4.59. The summed E-state index contributed by atoms with van der Waals surface area (Å²) in [6.45, 7) is 5.55. The van der Waals surface area contributed by atoms with Crippen molar-refractivity contribution in [2.45, 2.75) is 58.6 Å². The largest absolute Gasteiger partial charge is 0.416 e. The van der Waals surface area contributed by atoms with Gasteiger partial charge in [-0.25, -0.2) is 4.98 Å². The van der Waals surface area contributed by atoms with Crippen molar-refractivity contribution < 1.29 is 26.3 Å². The van der Waals surface area contributed by atoms with Crippen LogP contribution < -0.4 is 10.2 Å². The van der Waals surface area contributed by atoms with Gasteiger partial charge in [0.15, 0.2) is 5.65 Å². The van der Waals surface area contributed by atoms with E-state index in [1.165, 1.54) is 6.42 Å². The number of halogens is 6. The van der Waals surface area contributed by atoms with Gasteiger partial charge in [-0.2, -0.15) is 31.4 Å². The Balaban J connectivity index is 1.62. The Morgan fingerprint density at radius 2 is 1.64 bits per heavy atom. The number of nitrogens with zero attached hydrogens (tertiary/aromatic N) is 4. The molecule has 2 heterocycles. The maximum Gasteiger partial charge on any atom is 0.416 e. The molecule has 2 aromatic heterocycles. The standard InChI is InChI=1S/C25H29F6N5/c1-4-36(14-16-6-5-7-16)22-18(10-21-15(2)34-35(3)23(21)33-22)13-32-12-17-8-19(24(26,27)28)11-20(9-17)25(29,30)31/h8-11,16,32H,4-7,12-14H2,1-3H3. The molecule has 0 unspecified atom stereocenters. The second-order valence-corrected chi connectivity index (χ2v) is 9.40. The highest BCUT2D eigenvalue weighted by atomic mass is 19.4. The fourth-order valence-electron chi connectivity index (χ4n) is 4.59. The van der Waals surface area contributed by atoms with Gasteiger partial charge in [0, 0.05) is 44.2 Å². The molecule has 3 aromatic rings. The van der Waals surface area contributed by atoms with Crippen LogP contribution in [0.2, 0.25) is 0 Å². The van der Waals surface area contributed by atoms with Crippen molar-refractivity contribution in [1.82, 2.24) is 20.1 Å². The van der Waals surface area contributed by atoms with Crippen molar-refractivity contribution in [2.24, 2.45) is 13.0 Å². The van der Waals surface area contributed by atoms with E-state index in [1.807, 2.05) is 27.0 Å². The molecule has 36 heavy (non-hydrogen) atoms. The summed E-state index contributed by atoms with van der Waals surface area (Å²) in [6.07, 6.45) is -6.22. The van der Waals surface area contributed by atoms with Crippen LogP contribution in [0.1, 0.15) is 54.1 Å². The van der Waals surface area contributed by atoms with Gasteiger partial charge in [0.25, 0.3) is 0 Å². The third-order valence-electron chi connectivity index (χ3n) is 6.73. The highest BCUT2D eigenvalue weighted by molar-refractivity contribution is 5.81. The average molecular weight is 514 g/mol. The van der Waals surface area contributed by atoms with Gasteiger partial charge in [-0.15, -0.1) is 0 Å². The molecular weight excluding hydrogens is 484 g/mol. The summed E-state index contributed by atoms with van der Waals surface area (Å²) in [7, 11) is 1.82. The lowest BCUT2D eigenvalue weighted by molar-refractivity contribution is -0.143. The number of nitrogens with one attached hydrogen (secondary N) is 1. The molecule has 0 amide bonds. The van der Waals surface area contributed by atoms with Gasteiger partial charge in [0.05, 0.1) is 16.8 Å². The van der Waals surface area contributed by atoms with E-state index >= 15 is 0 Å². The molecule has 5 nitrogen and oxygen atoms in total. The number of benzene rings is 1. The van der Waals surface area contributed by atoms with E-state index in [1.54, 1.807) is 4.68 Å². The predicted octanol–water partition coefficient (Wildman–Crippen LogP) is 6.23. The molecule has 11 heteroatoms. The molecule has 1 saturated carbocycles. The molecule has 1 fully saturated rings. The van der Waals surface area contributed by atoms with E-state index in [-0.39, 0.29) is 24.7 Å². The molecule has 0 bridgehead atoms. The Kier molecular flexibility index (Phi) is 7.23. The molecule has 1 aliphatic carbocycles. The quantitative estimate of drug-likeness (QED) is 0.363. The smallest absolute Gasteiger partial charge is 0.356 e. The van der Waals surface area contributed by atoms with Crippen molar-refractivity contribution in [3.8, 4) is 0 Å². The number of aromatic nitrogens is 3. The molecule has 1 aliphatic rings. The number of alkyl halides is 6. The zero-order valence-electron chi connectivity index (χ0n) is 20.4. The monoisotopic (exact) mass is 513 g/mol. The lowest BCUT2D eigenvalue weighted by Crippen LogP contribution is -2.34. The van der Waals surface area contributed by atoms with Crippen LogP contribution >= 0.6 is 0 Å². The molecule has 0 aliphatic heterocycles. The first-order valence-corrected chi connectivity index (χ1v) is 11.9. The summed E-state index contributed by atoms with van der Waals surface area (Å²) < 4.78 is 81.0. The van der Waals surface area contributed by atoms with Gasteiger partial charge in [-0.05, 0) is 62.4 Å². The highest BCUT2D eigenvalue weighted by Gasteiger charge is 2.36. The van der Waals surface area contributed by atoms with Gasteiger partial charge >= 0.3 is 12.4 Å².